The van der Waals surface area contributed by atoms with E-state index in [1.807, 2.05) is 24.0 Å². The number of likely N-dealkylation sites (tertiary alicyclic amines) is 1. The molecule has 134 valence electrons. The standard InChI is InChI=1S/C19H30N2O3/c1-15-11-12-18(24-15)17-9-5-4-8-14-21(17)19(23)10-6-3-7-13-20-16(2)22/h11-12,17H,3-10,13-14H2,1-2H3,(H,20,22)/t17-/m1/s1. The molecular weight excluding hydrogens is 304 g/mol. The summed E-state index contributed by atoms with van der Waals surface area (Å²) in [6.07, 6.45) is 7.72. The summed E-state index contributed by atoms with van der Waals surface area (Å²) in [5.74, 6) is 2.07. The van der Waals surface area contributed by atoms with E-state index in [4.69, 9.17) is 4.42 Å². The summed E-state index contributed by atoms with van der Waals surface area (Å²) < 4.78 is 5.80. The van der Waals surface area contributed by atoms with Gasteiger partial charge >= 0.3 is 0 Å². The average molecular weight is 334 g/mol. The molecule has 1 aliphatic rings. The SMILES string of the molecule is CC(=O)NCCCCCC(=O)N1CCCCC[C@@H]1c1ccc(C)o1. The van der Waals surface area contributed by atoms with Crippen molar-refractivity contribution in [3.63, 3.8) is 0 Å². The van der Waals surface area contributed by atoms with E-state index in [1.165, 1.54) is 13.3 Å². The Morgan fingerprint density at radius 3 is 2.75 bits per heavy atom. The highest BCUT2D eigenvalue weighted by molar-refractivity contribution is 5.76. The first-order chi connectivity index (χ1) is 11.6. The zero-order valence-corrected chi connectivity index (χ0v) is 15.0. The summed E-state index contributed by atoms with van der Waals surface area (Å²) in [6.45, 7) is 5.00. The second-order valence-electron chi connectivity index (χ2n) is 6.69. The number of hydrogen-bond acceptors (Lipinski definition) is 3. The summed E-state index contributed by atoms with van der Waals surface area (Å²) >= 11 is 0. The molecule has 2 amide bonds. The summed E-state index contributed by atoms with van der Waals surface area (Å²) in [4.78, 5) is 25.5. The Labute approximate surface area is 144 Å². The van der Waals surface area contributed by atoms with Gasteiger partial charge in [0.1, 0.15) is 11.5 Å². The fourth-order valence-corrected chi connectivity index (χ4v) is 3.32. The van der Waals surface area contributed by atoms with Crippen LogP contribution in [0, 0.1) is 6.92 Å². The summed E-state index contributed by atoms with van der Waals surface area (Å²) in [6, 6.07) is 4.08. The van der Waals surface area contributed by atoms with Crippen molar-refractivity contribution in [3.8, 4) is 0 Å². The lowest BCUT2D eigenvalue weighted by molar-refractivity contribution is -0.134. The van der Waals surface area contributed by atoms with Gasteiger partial charge in [-0.25, -0.2) is 0 Å². The van der Waals surface area contributed by atoms with E-state index in [9.17, 15) is 9.59 Å². The largest absolute Gasteiger partial charge is 0.464 e. The van der Waals surface area contributed by atoms with Crippen LogP contribution in [0.4, 0.5) is 0 Å². The lowest BCUT2D eigenvalue weighted by atomic mass is 10.1. The van der Waals surface area contributed by atoms with E-state index in [0.29, 0.717) is 13.0 Å². The predicted molar refractivity (Wildman–Crippen MR) is 93.5 cm³/mol. The van der Waals surface area contributed by atoms with E-state index < -0.39 is 0 Å². The molecule has 1 atom stereocenters. The highest BCUT2D eigenvalue weighted by Crippen LogP contribution is 2.31. The lowest BCUT2D eigenvalue weighted by Gasteiger charge is -2.29. The Bertz CT molecular complexity index is 538. The zero-order valence-electron chi connectivity index (χ0n) is 15.0. The number of nitrogens with one attached hydrogen (secondary N) is 1. The Balaban J connectivity index is 1.84. The van der Waals surface area contributed by atoms with Crippen molar-refractivity contribution in [1.29, 1.82) is 0 Å². The van der Waals surface area contributed by atoms with Gasteiger partial charge in [-0.3, -0.25) is 9.59 Å². The van der Waals surface area contributed by atoms with Gasteiger partial charge in [0.15, 0.2) is 0 Å². The molecule has 0 saturated carbocycles. The van der Waals surface area contributed by atoms with E-state index in [0.717, 1.165) is 56.6 Å². The fraction of sp³-hybridized carbons (Fsp3) is 0.684. The average Bonchev–Trinajstić information content (AvgIpc) is 2.83. The molecule has 0 radical (unpaired) electrons. The van der Waals surface area contributed by atoms with E-state index >= 15 is 0 Å². The normalized spacial score (nSPS) is 18.2. The monoisotopic (exact) mass is 334 g/mol. The second-order valence-corrected chi connectivity index (χ2v) is 6.69. The molecule has 1 saturated heterocycles. The van der Waals surface area contributed by atoms with Gasteiger partial charge in [0, 0.05) is 26.4 Å². The van der Waals surface area contributed by atoms with Gasteiger partial charge in [-0.15, -0.1) is 0 Å². The van der Waals surface area contributed by atoms with Crippen LogP contribution in [0.3, 0.4) is 0 Å². The smallest absolute Gasteiger partial charge is 0.223 e. The second kappa shape index (κ2) is 9.50. The molecule has 0 unspecified atom stereocenters. The Hall–Kier alpha value is -1.78. The number of nitrogens with zero attached hydrogens (tertiary/aromatic N) is 1. The van der Waals surface area contributed by atoms with Crippen molar-refractivity contribution in [2.24, 2.45) is 0 Å². The van der Waals surface area contributed by atoms with Crippen molar-refractivity contribution >= 4 is 11.8 Å². The Kier molecular flexibility index (Phi) is 7.35. The topological polar surface area (TPSA) is 62.6 Å². The lowest BCUT2D eigenvalue weighted by Crippen LogP contribution is -2.34. The Morgan fingerprint density at radius 1 is 1.21 bits per heavy atom. The van der Waals surface area contributed by atoms with Gasteiger partial charge in [-0.1, -0.05) is 19.3 Å². The van der Waals surface area contributed by atoms with Crippen LogP contribution in [0.5, 0.6) is 0 Å². The van der Waals surface area contributed by atoms with Crippen LogP contribution < -0.4 is 5.32 Å². The van der Waals surface area contributed by atoms with Crippen LogP contribution >= 0.6 is 0 Å². The quantitative estimate of drug-likeness (QED) is 0.773. The van der Waals surface area contributed by atoms with E-state index in [-0.39, 0.29) is 17.9 Å². The molecule has 1 aromatic heterocycles. The Morgan fingerprint density at radius 2 is 2.04 bits per heavy atom. The van der Waals surface area contributed by atoms with Crippen LogP contribution in [0.15, 0.2) is 16.5 Å². The van der Waals surface area contributed by atoms with Crippen molar-refractivity contribution in [2.45, 2.75) is 71.3 Å². The van der Waals surface area contributed by atoms with Crippen LogP contribution in [-0.4, -0.2) is 29.8 Å². The number of furan rings is 1. The van der Waals surface area contributed by atoms with Gasteiger partial charge < -0.3 is 14.6 Å². The van der Waals surface area contributed by atoms with Gasteiger partial charge in [-0.05, 0) is 44.7 Å². The summed E-state index contributed by atoms with van der Waals surface area (Å²) in [5.41, 5.74) is 0. The molecule has 0 bridgehead atoms. The molecule has 0 aliphatic carbocycles. The van der Waals surface area contributed by atoms with E-state index in [2.05, 4.69) is 5.32 Å². The molecule has 5 nitrogen and oxygen atoms in total. The number of hydrogen-bond donors (Lipinski definition) is 1. The third-order valence-corrected chi connectivity index (χ3v) is 4.60. The molecule has 0 spiro atoms. The van der Waals surface area contributed by atoms with Crippen LogP contribution in [0.25, 0.3) is 0 Å². The van der Waals surface area contributed by atoms with Crippen molar-refractivity contribution in [1.82, 2.24) is 10.2 Å². The fourth-order valence-electron chi connectivity index (χ4n) is 3.32. The molecule has 1 fully saturated rings. The minimum absolute atomic E-state index is 0.00669. The molecule has 1 N–H and O–H groups in total. The predicted octanol–water partition coefficient (Wildman–Crippen LogP) is 3.73. The van der Waals surface area contributed by atoms with Crippen molar-refractivity contribution < 1.29 is 14.0 Å². The summed E-state index contributed by atoms with van der Waals surface area (Å²) in [7, 11) is 0. The molecule has 1 aromatic rings. The van der Waals surface area contributed by atoms with Gasteiger partial charge in [0.2, 0.25) is 11.8 Å². The molecule has 2 rings (SSSR count). The van der Waals surface area contributed by atoms with Crippen molar-refractivity contribution in [2.75, 3.05) is 13.1 Å². The third kappa shape index (κ3) is 5.69. The molecule has 1 aliphatic heterocycles. The number of unbranched alkanes of at least 4 members (excludes halogenated alkanes) is 2. The maximum atomic E-state index is 12.7. The number of carbonyl (C=O) groups is 2. The minimum atomic E-state index is 0.00669. The highest BCUT2D eigenvalue weighted by Gasteiger charge is 2.28. The van der Waals surface area contributed by atoms with E-state index in [1.54, 1.807) is 0 Å². The summed E-state index contributed by atoms with van der Waals surface area (Å²) in [5, 5.41) is 2.79. The molecular formula is C19H30N2O3. The number of aryl methyl sites for hydroxylation is 1. The third-order valence-electron chi connectivity index (χ3n) is 4.60. The van der Waals surface area contributed by atoms with Crippen LogP contribution in [0.1, 0.15) is 75.9 Å². The first kappa shape index (κ1) is 18.6. The van der Waals surface area contributed by atoms with Crippen LogP contribution in [0.2, 0.25) is 0 Å². The minimum Gasteiger partial charge on any atom is -0.464 e. The van der Waals surface area contributed by atoms with Crippen molar-refractivity contribution in [3.05, 3.63) is 23.7 Å². The van der Waals surface area contributed by atoms with Gasteiger partial charge in [0.05, 0.1) is 6.04 Å². The first-order valence-electron chi connectivity index (χ1n) is 9.18. The van der Waals surface area contributed by atoms with Gasteiger partial charge in [0.25, 0.3) is 0 Å². The number of carbonyl (C=O) groups excluding carboxylic acids is 2. The van der Waals surface area contributed by atoms with Crippen LogP contribution in [-0.2, 0) is 9.59 Å². The highest BCUT2D eigenvalue weighted by atomic mass is 16.3. The maximum absolute atomic E-state index is 12.7. The molecule has 24 heavy (non-hydrogen) atoms. The number of amides is 2. The van der Waals surface area contributed by atoms with Gasteiger partial charge in [-0.2, -0.15) is 0 Å². The maximum Gasteiger partial charge on any atom is 0.223 e. The molecule has 5 heteroatoms. The molecule has 2 heterocycles. The first-order valence-corrected chi connectivity index (χ1v) is 9.18. The zero-order chi connectivity index (χ0) is 17.4. The number of rotatable bonds is 7. The molecule has 0 aromatic carbocycles.